The molecule has 0 saturated carbocycles. The predicted octanol–water partition coefficient (Wildman–Crippen LogP) is 4.21. The van der Waals surface area contributed by atoms with Gasteiger partial charge in [0.05, 0.1) is 17.1 Å². The van der Waals surface area contributed by atoms with Crippen molar-refractivity contribution in [2.24, 2.45) is 0 Å². The van der Waals surface area contributed by atoms with Crippen molar-refractivity contribution in [2.75, 3.05) is 5.73 Å². The molecule has 0 bridgehead atoms. The van der Waals surface area contributed by atoms with E-state index >= 15 is 0 Å². The minimum atomic E-state index is 0.201. The molecular weight excluding hydrogens is 266 g/mol. The summed E-state index contributed by atoms with van der Waals surface area (Å²) < 4.78 is 2.14. The van der Waals surface area contributed by atoms with Gasteiger partial charge in [-0.15, -0.1) is 11.3 Å². The first-order chi connectivity index (χ1) is 9.49. The summed E-state index contributed by atoms with van der Waals surface area (Å²) in [6.07, 6.45) is 0. The molecule has 0 aliphatic rings. The molecule has 2 N–H and O–H groups in total. The van der Waals surface area contributed by atoms with Gasteiger partial charge >= 0.3 is 0 Å². The molecule has 1 aromatic carbocycles. The van der Waals surface area contributed by atoms with Gasteiger partial charge in [-0.25, -0.2) is 4.98 Å². The number of aromatic nitrogens is 2. The molecule has 3 rings (SSSR count). The van der Waals surface area contributed by atoms with Gasteiger partial charge in [-0.05, 0) is 51.0 Å². The van der Waals surface area contributed by atoms with Crippen LogP contribution in [0.1, 0.15) is 33.8 Å². The van der Waals surface area contributed by atoms with Crippen LogP contribution < -0.4 is 5.73 Å². The average molecular weight is 285 g/mol. The Morgan fingerprint density at radius 3 is 2.65 bits per heavy atom. The number of nitrogen functional groups attached to an aromatic ring is 1. The lowest BCUT2D eigenvalue weighted by atomic mass is 10.1. The third-order valence-corrected chi connectivity index (χ3v) is 4.85. The Morgan fingerprint density at radius 2 is 2.00 bits per heavy atom. The predicted molar refractivity (Wildman–Crippen MR) is 86.5 cm³/mol. The number of benzene rings is 1. The van der Waals surface area contributed by atoms with E-state index in [2.05, 4.69) is 61.5 Å². The first kappa shape index (κ1) is 13.2. The highest BCUT2D eigenvalue weighted by atomic mass is 32.1. The normalized spacial score (nSPS) is 13.0. The van der Waals surface area contributed by atoms with Crippen molar-refractivity contribution in [2.45, 2.75) is 33.7 Å². The summed E-state index contributed by atoms with van der Waals surface area (Å²) in [6, 6.07) is 8.69. The largest absolute Gasteiger partial charge is 0.369 e. The summed E-state index contributed by atoms with van der Waals surface area (Å²) in [5.74, 6) is 0.588. The van der Waals surface area contributed by atoms with E-state index < -0.39 is 0 Å². The summed E-state index contributed by atoms with van der Waals surface area (Å²) in [7, 11) is 0. The van der Waals surface area contributed by atoms with E-state index in [1.165, 1.54) is 20.9 Å². The number of nitrogens with zero attached hydrogens (tertiary/aromatic N) is 2. The maximum atomic E-state index is 6.17. The number of nitrogens with two attached hydrogens (primary N) is 1. The summed E-state index contributed by atoms with van der Waals surface area (Å²) in [5.41, 5.74) is 10.8. The Kier molecular flexibility index (Phi) is 3.05. The number of para-hydroxylation sites is 1. The lowest BCUT2D eigenvalue weighted by Gasteiger charge is -2.16. The molecule has 0 radical (unpaired) electrons. The topological polar surface area (TPSA) is 43.8 Å². The quantitative estimate of drug-likeness (QED) is 0.766. The Labute approximate surface area is 123 Å². The molecule has 0 aliphatic carbocycles. The molecule has 1 unspecified atom stereocenters. The first-order valence-corrected chi connectivity index (χ1v) is 7.60. The smallest absolute Gasteiger partial charge is 0.201 e. The van der Waals surface area contributed by atoms with E-state index in [0.717, 1.165) is 11.0 Å². The second-order valence-corrected chi connectivity index (χ2v) is 6.79. The van der Waals surface area contributed by atoms with Gasteiger partial charge in [-0.1, -0.05) is 12.1 Å². The number of imidazole rings is 1. The van der Waals surface area contributed by atoms with Gasteiger partial charge < -0.3 is 10.3 Å². The number of aryl methyl sites for hydroxylation is 3. The van der Waals surface area contributed by atoms with E-state index in [1.54, 1.807) is 0 Å². The molecule has 104 valence electrons. The zero-order chi connectivity index (χ0) is 14.4. The first-order valence-electron chi connectivity index (χ1n) is 6.79. The molecule has 0 spiro atoms. The maximum absolute atomic E-state index is 6.17. The van der Waals surface area contributed by atoms with Gasteiger partial charge in [0.2, 0.25) is 5.95 Å². The van der Waals surface area contributed by atoms with E-state index in [1.807, 2.05) is 11.3 Å². The van der Waals surface area contributed by atoms with Crippen LogP contribution in [0.4, 0.5) is 5.95 Å². The number of fused-ring (bicyclic) bond motifs is 1. The highest BCUT2D eigenvalue weighted by molar-refractivity contribution is 7.12. The van der Waals surface area contributed by atoms with Crippen molar-refractivity contribution in [1.82, 2.24) is 9.55 Å². The van der Waals surface area contributed by atoms with Crippen LogP contribution in [0, 0.1) is 20.8 Å². The molecule has 3 nitrogen and oxygen atoms in total. The van der Waals surface area contributed by atoms with Gasteiger partial charge in [0.1, 0.15) is 0 Å². The number of anilines is 1. The highest BCUT2D eigenvalue weighted by Gasteiger charge is 2.19. The fourth-order valence-corrected chi connectivity index (χ4v) is 3.90. The SMILES string of the molecule is Cc1cc(C(C)n2c(N)nc3c(C)cccc32)c(C)s1. The Hall–Kier alpha value is -1.81. The van der Waals surface area contributed by atoms with Crippen molar-refractivity contribution in [3.05, 3.63) is 45.1 Å². The molecule has 3 aromatic rings. The Morgan fingerprint density at radius 1 is 1.25 bits per heavy atom. The third kappa shape index (κ3) is 1.91. The van der Waals surface area contributed by atoms with E-state index in [-0.39, 0.29) is 6.04 Å². The Bertz CT molecular complexity index is 782. The summed E-state index contributed by atoms with van der Waals surface area (Å²) in [5, 5.41) is 0. The standard InChI is InChI=1S/C16H19N3S/c1-9-6-5-7-14-15(9)18-16(17)19(14)11(3)13-8-10(2)20-12(13)4/h5-8,11H,1-4H3,(H2,17,18). The summed E-state index contributed by atoms with van der Waals surface area (Å²) in [4.78, 5) is 7.23. The molecular formula is C16H19N3S. The van der Waals surface area contributed by atoms with Crippen molar-refractivity contribution < 1.29 is 0 Å². The van der Waals surface area contributed by atoms with Crippen LogP contribution in [0.2, 0.25) is 0 Å². The van der Waals surface area contributed by atoms with Crippen molar-refractivity contribution >= 4 is 28.3 Å². The molecule has 1 atom stereocenters. The van der Waals surface area contributed by atoms with Gasteiger partial charge in [0, 0.05) is 9.75 Å². The lowest BCUT2D eigenvalue weighted by Crippen LogP contribution is -2.10. The Balaban J connectivity index is 2.21. The summed E-state index contributed by atoms with van der Waals surface area (Å²) in [6.45, 7) is 8.58. The molecule has 4 heteroatoms. The van der Waals surface area contributed by atoms with Crippen molar-refractivity contribution in [3.63, 3.8) is 0 Å². The fourth-order valence-electron chi connectivity index (χ4n) is 2.89. The maximum Gasteiger partial charge on any atom is 0.201 e. The molecule has 2 aromatic heterocycles. The molecule has 0 amide bonds. The van der Waals surface area contributed by atoms with Gasteiger partial charge in [-0.3, -0.25) is 0 Å². The van der Waals surface area contributed by atoms with Crippen molar-refractivity contribution in [3.8, 4) is 0 Å². The molecule has 0 saturated heterocycles. The molecule has 20 heavy (non-hydrogen) atoms. The number of hydrogen-bond donors (Lipinski definition) is 1. The number of hydrogen-bond acceptors (Lipinski definition) is 3. The van der Waals surface area contributed by atoms with Crippen LogP contribution >= 0.6 is 11.3 Å². The zero-order valence-electron chi connectivity index (χ0n) is 12.3. The van der Waals surface area contributed by atoms with E-state index in [4.69, 9.17) is 5.73 Å². The van der Waals surface area contributed by atoms with Crippen LogP contribution in [0.3, 0.4) is 0 Å². The molecule has 0 fully saturated rings. The van der Waals surface area contributed by atoms with Crippen LogP contribution in [-0.4, -0.2) is 9.55 Å². The minimum Gasteiger partial charge on any atom is -0.369 e. The number of rotatable bonds is 2. The van der Waals surface area contributed by atoms with E-state index in [0.29, 0.717) is 5.95 Å². The summed E-state index contributed by atoms with van der Waals surface area (Å²) >= 11 is 1.83. The van der Waals surface area contributed by atoms with Crippen LogP contribution in [0.25, 0.3) is 11.0 Å². The average Bonchev–Trinajstić information content (AvgIpc) is 2.89. The number of thiophene rings is 1. The van der Waals surface area contributed by atoms with Crippen LogP contribution in [-0.2, 0) is 0 Å². The van der Waals surface area contributed by atoms with Crippen LogP contribution in [0.15, 0.2) is 24.3 Å². The van der Waals surface area contributed by atoms with Gasteiger partial charge in [-0.2, -0.15) is 0 Å². The second-order valence-electron chi connectivity index (χ2n) is 5.33. The minimum absolute atomic E-state index is 0.201. The van der Waals surface area contributed by atoms with Gasteiger partial charge in [0.15, 0.2) is 0 Å². The fraction of sp³-hybridized carbons (Fsp3) is 0.312. The van der Waals surface area contributed by atoms with E-state index in [9.17, 15) is 0 Å². The zero-order valence-corrected chi connectivity index (χ0v) is 13.1. The lowest BCUT2D eigenvalue weighted by molar-refractivity contribution is 0.666. The highest BCUT2D eigenvalue weighted by Crippen LogP contribution is 2.33. The monoisotopic (exact) mass is 285 g/mol. The van der Waals surface area contributed by atoms with Crippen molar-refractivity contribution in [1.29, 1.82) is 0 Å². The second kappa shape index (κ2) is 4.63. The van der Waals surface area contributed by atoms with Crippen LogP contribution in [0.5, 0.6) is 0 Å². The van der Waals surface area contributed by atoms with Gasteiger partial charge in [0.25, 0.3) is 0 Å². The molecule has 0 aliphatic heterocycles. The molecule has 2 heterocycles. The third-order valence-electron chi connectivity index (χ3n) is 3.87.